The maximum absolute atomic E-state index is 10.6. The van der Waals surface area contributed by atoms with Crippen molar-refractivity contribution in [3.05, 3.63) is 117 Å². The van der Waals surface area contributed by atoms with E-state index in [-0.39, 0.29) is 11.1 Å². The Kier molecular flexibility index (Phi) is 28.1. The molecule has 3 aromatic heterocycles. The normalized spacial score (nSPS) is 10.9. The van der Waals surface area contributed by atoms with Crippen molar-refractivity contribution in [3.8, 4) is 43.8 Å². The number of rotatable bonds is 36. The van der Waals surface area contributed by atoms with Crippen molar-refractivity contribution < 1.29 is 0 Å². The molecule has 72 heavy (non-hydrogen) atoms. The van der Waals surface area contributed by atoms with Gasteiger partial charge in [0.1, 0.15) is 35.4 Å². The Morgan fingerprint density at radius 3 is 1.31 bits per heavy atom. The molecule has 2 aromatic carbocycles. The van der Waals surface area contributed by atoms with Crippen LogP contribution in [-0.2, 0) is 0 Å². The van der Waals surface area contributed by atoms with Gasteiger partial charge >= 0.3 is 0 Å². The van der Waals surface area contributed by atoms with Crippen molar-refractivity contribution in [1.82, 2.24) is 0 Å². The molecule has 0 saturated carbocycles. The van der Waals surface area contributed by atoms with Gasteiger partial charge in [-0.2, -0.15) is 21.0 Å². The van der Waals surface area contributed by atoms with Crippen LogP contribution in [0.25, 0.3) is 36.2 Å². The number of benzene rings is 2. The minimum absolute atomic E-state index is 0.0338. The van der Waals surface area contributed by atoms with Crippen molar-refractivity contribution in [1.29, 1.82) is 21.0 Å². The van der Waals surface area contributed by atoms with Crippen molar-refractivity contribution in [2.45, 2.75) is 194 Å². The van der Waals surface area contributed by atoms with Gasteiger partial charge < -0.3 is 4.90 Å². The van der Waals surface area contributed by atoms with E-state index >= 15 is 0 Å². The molecule has 0 atom stereocenters. The predicted octanol–water partition coefficient (Wildman–Crippen LogP) is 18.9. The Bertz CT molecular complexity index is 2550. The molecule has 0 N–H and O–H groups in total. The van der Waals surface area contributed by atoms with Crippen molar-refractivity contribution in [2.75, 3.05) is 18.0 Å². The molecule has 0 aliphatic carbocycles. The van der Waals surface area contributed by atoms with E-state index in [1.165, 1.54) is 195 Å². The van der Waals surface area contributed by atoms with Crippen LogP contribution in [0.3, 0.4) is 0 Å². The number of hydrogen-bond donors (Lipinski definition) is 0. The highest BCUT2D eigenvalue weighted by Crippen LogP contribution is 2.42. The molecule has 5 aromatic rings. The van der Waals surface area contributed by atoms with E-state index in [9.17, 15) is 21.0 Å². The summed E-state index contributed by atoms with van der Waals surface area (Å²) in [7, 11) is 0. The number of hydrogen-bond acceptors (Lipinski definition) is 8. The number of allylic oxidation sites excluding steroid dienone is 2. The first kappa shape index (κ1) is 57.7. The van der Waals surface area contributed by atoms with Crippen LogP contribution in [-0.4, -0.2) is 13.1 Å². The zero-order valence-corrected chi connectivity index (χ0v) is 46.3. The average molecular weight is 1020 g/mol. The standard InChI is InChI=1S/C64H81N5S3/c1-3-5-7-9-11-13-15-17-19-21-23-25-27-29-43-69(44-30-28-26-24-22-20-18-16-14-12-10-8-6-4-2)58-39-37-54(38-40-58)63(53-35-33-52(34-36-53)56(47-65)48-66)64(57(49-67)50-68)55-46-62(71-51-55)61-42-41-60(72-61)59-32-31-45-70-59/h31-42,45-46,51H,3-30,43-44H2,1-2H3. The fourth-order valence-corrected chi connectivity index (χ4v) is 12.6. The number of nitriles is 4. The third kappa shape index (κ3) is 19.7. The van der Waals surface area contributed by atoms with Gasteiger partial charge in [0.2, 0.25) is 0 Å². The largest absolute Gasteiger partial charge is 0.372 e. The highest BCUT2D eigenvalue weighted by atomic mass is 32.1. The zero-order valence-electron chi connectivity index (χ0n) is 43.8. The van der Waals surface area contributed by atoms with Crippen LogP contribution in [0.2, 0.25) is 0 Å². The van der Waals surface area contributed by atoms with E-state index in [0.29, 0.717) is 10.8 Å². The summed E-state index contributed by atoms with van der Waals surface area (Å²) in [6, 6.07) is 35.3. The molecular weight excluding hydrogens is 935 g/mol. The van der Waals surface area contributed by atoms with Crippen molar-refractivity contribution in [3.63, 3.8) is 0 Å². The molecule has 3 heterocycles. The lowest BCUT2D eigenvalue weighted by molar-refractivity contribution is 0.529. The van der Waals surface area contributed by atoms with Gasteiger partial charge in [-0.1, -0.05) is 223 Å². The topological polar surface area (TPSA) is 98.4 Å². The first-order valence-electron chi connectivity index (χ1n) is 27.8. The lowest BCUT2D eigenvalue weighted by Crippen LogP contribution is -2.25. The molecule has 0 bridgehead atoms. The van der Waals surface area contributed by atoms with E-state index in [2.05, 4.69) is 96.2 Å². The monoisotopic (exact) mass is 1020 g/mol. The molecule has 8 heteroatoms. The Morgan fingerprint density at radius 2 is 0.875 bits per heavy atom. The smallest absolute Gasteiger partial charge is 0.138 e. The quantitative estimate of drug-likeness (QED) is 0.0294. The van der Waals surface area contributed by atoms with Gasteiger partial charge in [-0.25, -0.2) is 0 Å². The lowest BCUT2D eigenvalue weighted by Gasteiger charge is -2.26. The average Bonchev–Trinajstić information content (AvgIpc) is 4.23. The molecular formula is C64H81N5S3. The first-order valence-corrected chi connectivity index (χ1v) is 30.4. The Hall–Kier alpha value is -5.22. The highest BCUT2D eigenvalue weighted by Gasteiger charge is 2.21. The molecule has 0 amide bonds. The van der Waals surface area contributed by atoms with Crippen molar-refractivity contribution >= 4 is 56.4 Å². The van der Waals surface area contributed by atoms with Gasteiger partial charge in [0.05, 0.1) is 0 Å². The summed E-state index contributed by atoms with van der Waals surface area (Å²) < 4.78 is 0. The van der Waals surface area contributed by atoms with Crippen LogP contribution < -0.4 is 15.3 Å². The van der Waals surface area contributed by atoms with E-state index < -0.39 is 0 Å². The van der Waals surface area contributed by atoms with Crippen LogP contribution in [0.4, 0.5) is 5.69 Å². The van der Waals surface area contributed by atoms with Crippen LogP contribution in [0.5, 0.6) is 0 Å². The third-order valence-corrected chi connectivity index (χ3v) is 17.3. The highest BCUT2D eigenvalue weighted by molar-refractivity contribution is 7.25. The Labute approximate surface area is 446 Å². The summed E-state index contributed by atoms with van der Waals surface area (Å²) in [4.78, 5) is 7.23. The molecule has 0 radical (unpaired) electrons. The van der Waals surface area contributed by atoms with Crippen LogP contribution in [0, 0.1) is 45.3 Å². The summed E-state index contributed by atoms with van der Waals surface area (Å²) in [6.45, 7) is 6.63. The van der Waals surface area contributed by atoms with Gasteiger partial charge in [-0.15, -0.1) is 34.0 Å². The Balaban J connectivity index is 1.32. The SMILES string of the molecule is CCCCCCCCCCCCCCCCN(CCCCCCCCCCCCCCCC)c1ccc(C(C(=C(C#N)C#N)c2csc(-c3ccc(-c4cccs4)s3)c2)=c2ccc(=C(C#N)C#N)cc2)cc1. The minimum atomic E-state index is 0.0338. The van der Waals surface area contributed by atoms with E-state index in [4.69, 9.17) is 0 Å². The summed E-state index contributed by atoms with van der Waals surface area (Å²) in [5, 5.41) is 45.9. The maximum Gasteiger partial charge on any atom is 0.138 e. The molecule has 0 aliphatic heterocycles. The lowest BCUT2D eigenvalue weighted by atomic mass is 9.88. The summed E-state index contributed by atoms with van der Waals surface area (Å²) in [5.74, 6) is 0. The molecule has 380 valence electrons. The number of thiophene rings is 3. The molecule has 0 spiro atoms. The molecule has 5 nitrogen and oxygen atoms in total. The van der Waals surface area contributed by atoms with E-state index in [1.54, 1.807) is 46.1 Å². The van der Waals surface area contributed by atoms with Crippen molar-refractivity contribution in [2.24, 2.45) is 0 Å². The van der Waals surface area contributed by atoms with E-state index in [0.717, 1.165) is 44.8 Å². The van der Waals surface area contributed by atoms with E-state index in [1.807, 2.05) is 24.3 Å². The summed E-state index contributed by atoms with van der Waals surface area (Å²) in [6.07, 6.45) is 37.8. The molecule has 0 aliphatic rings. The van der Waals surface area contributed by atoms with Crippen LogP contribution in [0.1, 0.15) is 205 Å². The van der Waals surface area contributed by atoms with Gasteiger partial charge in [0.25, 0.3) is 0 Å². The Morgan fingerprint density at radius 1 is 0.431 bits per heavy atom. The first-order chi connectivity index (χ1) is 35.5. The van der Waals surface area contributed by atoms with Gasteiger partial charge in [0.15, 0.2) is 0 Å². The second kappa shape index (κ2) is 35.0. The number of nitrogens with zero attached hydrogens (tertiary/aromatic N) is 5. The number of anilines is 1. The fourth-order valence-electron chi connectivity index (χ4n) is 9.78. The minimum Gasteiger partial charge on any atom is -0.372 e. The number of unbranched alkanes of at least 4 members (excludes halogenated alkanes) is 26. The zero-order chi connectivity index (χ0) is 50.9. The fraction of sp³-hybridized carbons (Fsp3) is 0.500. The van der Waals surface area contributed by atoms with Gasteiger partial charge in [-0.05, 0) is 81.9 Å². The molecule has 0 fully saturated rings. The third-order valence-electron chi connectivity index (χ3n) is 14.0. The second-order valence-corrected chi connectivity index (χ2v) is 22.5. The van der Waals surface area contributed by atoms with Gasteiger partial charge in [0, 0.05) is 49.1 Å². The van der Waals surface area contributed by atoms with Crippen LogP contribution in [0.15, 0.2) is 95.2 Å². The summed E-state index contributed by atoms with van der Waals surface area (Å²) in [5.41, 5.74) is 4.31. The van der Waals surface area contributed by atoms with Gasteiger partial charge in [-0.3, -0.25) is 0 Å². The summed E-state index contributed by atoms with van der Waals surface area (Å²) >= 11 is 5.08. The maximum atomic E-state index is 10.6. The van der Waals surface area contributed by atoms with Crippen LogP contribution >= 0.6 is 34.0 Å². The second-order valence-electron chi connectivity index (χ2n) is 19.6. The molecule has 5 rings (SSSR count). The predicted molar refractivity (Wildman–Crippen MR) is 311 cm³/mol. The molecule has 0 unspecified atom stereocenters. The molecule has 0 saturated heterocycles.